The van der Waals surface area contributed by atoms with E-state index < -0.39 is 0 Å². The fraction of sp³-hybridized carbons (Fsp3) is 0.625. The maximum absolute atomic E-state index is 5.06. The molecule has 0 aliphatic rings. The van der Waals surface area contributed by atoms with Gasteiger partial charge in [0.25, 0.3) is 0 Å². The molecule has 0 bridgehead atoms. The first-order valence-corrected chi connectivity index (χ1v) is 8.07. The van der Waals surface area contributed by atoms with Gasteiger partial charge in [0, 0.05) is 30.8 Å². The molecule has 2 nitrogen and oxygen atoms in total. The Hall–Kier alpha value is -0.510. The molecule has 0 aliphatic carbocycles. The SMILES string of the molecule is CCC(C)CSc1ccc(C)cc1CNCCOC. The first-order chi connectivity index (χ1) is 9.17. The molecule has 1 rings (SSSR count). The van der Waals surface area contributed by atoms with Gasteiger partial charge < -0.3 is 10.1 Å². The summed E-state index contributed by atoms with van der Waals surface area (Å²) in [4.78, 5) is 1.41. The van der Waals surface area contributed by atoms with Crippen molar-refractivity contribution in [2.75, 3.05) is 26.0 Å². The number of hydrogen-bond donors (Lipinski definition) is 1. The van der Waals surface area contributed by atoms with Crippen LogP contribution in [0.15, 0.2) is 23.1 Å². The predicted molar refractivity (Wildman–Crippen MR) is 84.9 cm³/mol. The largest absolute Gasteiger partial charge is 0.383 e. The molecule has 0 radical (unpaired) electrons. The lowest BCUT2D eigenvalue weighted by Crippen LogP contribution is -2.19. The van der Waals surface area contributed by atoms with Crippen molar-refractivity contribution in [3.05, 3.63) is 29.3 Å². The molecule has 19 heavy (non-hydrogen) atoms. The van der Waals surface area contributed by atoms with Crippen LogP contribution >= 0.6 is 11.8 Å². The van der Waals surface area contributed by atoms with E-state index in [4.69, 9.17) is 4.74 Å². The van der Waals surface area contributed by atoms with Crippen LogP contribution in [-0.4, -0.2) is 26.0 Å². The van der Waals surface area contributed by atoms with Crippen LogP contribution in [0.4, 0.5) is 0 Å². The molecule has 0 fully saturated rings. The third-order valence-corrected chi connectivity index (χ3v) is 4.68. The fourth-order valence-electron chi connectivity index (χ4n) is 1.73. The second-order valence-corrected chi connectivity index (χ2v) is 6.17. The Kier molecular flexibility index (Phi) is 8.19. The van der Waals surface area contributed by atoms with E-state index in [1.54, 1.807) is 7.11 Å². The zero-order valence-electron chi connectivity index (χ0n) is 12.7. The standard InChI is InChI=1S/C16H27NOS/c1-5-13(2)12-19-16-7-6-14(3)10-15(16)11-17-8-9-18-4/h6-7,10,13,17H,5,8-9,11-12H2,1-4H3. The number of nitrogens with one attached hydrogen (secondary N) is 1. The normalized spacial score (nSPS) is 12.6. The first kappa shape index (κ1) is 16.5. The van der Waals surface area contributed by atoms with Crippen LogP contribution in [0.25, 0.3) is 0 Å². The number of rotatable bonds is 9. The summed E-state index contributed by atoms with van der Waals surface area (Å²) in [6.45, 7) is 9.32. The van der Waals surface area contributed by atoms with Crippen LogP contribution in [0.2, 0.25) is 0 Å². The molecule has 1 unspecified atom stereocenters. The number of methoxy groups -OCH3 is 1. The molecule has 0 spiro atoms. The molecule has 0 amide bonds. The predicted octanol–water partition coefficient (Wildman–Crippen LogP) is 3.87. The highest BCUT2D eigenvalue weighted by atomic mass is 32.2. The molecule has 0 saturated heterocycles. The smallest absolute Gasteiger partial charge is 0.0587 e. The molecule has 0 heterocycles. The molecule has 0 aromatic heterocycles. The van der Waals surface area contributed by atoms with E-state index in [-0.39, 0.29) is 0 Å². The Bertz CT molecular complexity index is 368. The van der Waals surface area contributed by atoms with Gasteiger partial charge >= 0.3 is 0 Å². The lowest BCUT2D eigenvalue weighted by molar-refractivity contribution is 0.199. The van der Waals surface area contributed by atoms with Gasteiger partial charge in [0.15, 0.2) is 0 Å². The van der Waals surface area contributed by atoms with Gasteiger partial charge in [-0.3, -0.25) is 0 Å². The summed E-state index contributed by atoms with van der Waals surface area (Å²) in [7, 11) is 1.74. The summed E-state index contributed by atoms with van der Waals surface area (Å²) < 4.78 is 5.06. The second-order valence-electron chi connectivity index (χ2n) is 5.11. The Morgan fingerprint density at radius 1 is 1.37 bits per heavy atom. The third kappa shape index (κ3) is 6.46. The maximum atomic E-state index is 5.06. The summed E-state index contributed by atoms with van der Waals surface area (Å²) in [6.07, 6.45) is 1.25. The number of ether oxygens (including phenoxy) is 1. The summed E-state index contributed by atoms with van der Waals surface area (Å²) in [5, 5.41) is 3.43. The quantitative estimate of drug-likeness (QED) is 0.548. The van der Waals surface area contributed by atoms with Gasteiger partial charge in [0.05, 0.1) is 6.61 Å². The highest BCUT2D eigenvalue weighted by molar-refractivity contribution is 7.99. The highest BCUT2D eigenvalue weighted by Crippen LogP contribution is 2.26. The Morgan fingerprint density at radius 2 is 2.16 bits per heavy atom. The van der Waals surface area contributed by atoms with Gasteiger partial charge in [-0.2, -0.15) is 0 Å². The van der Waals surface area contributed by atoms with E-state index in [0.29, 0.717) is 0 Å². The Labute approximate surface area is 122 Å². The number of benzene rings is 1. The van der Waals surface area contributed by atoms with Crippen molar-refractivity contribution in [3.8, 4) is 0 Å². The van der Waals surface area contributed by atoms with Crippen molar-refractivity contribution in [3.63, 3.8) is 0 Å². The van der Waals surface area contributed by atoms with Gasteiger partial charge in [-0.25, -0.2) is 0 Å². The van der Waals surface area contributed by atoms with Crippen LogP contribution < -0.4 is 5.32 Å². The molecule has 1 aromatic carbocycles. The van der Waals surface area contributed by atoms with Crippen LogP contribution in [0, 0.1) is 12.8 Å². The number of thioether (sulfide) groups is 1. The monoisotopic (exact) mass is 281 g/mol. The molecular weight excluding hydrogens is 254 g/mol. The van der Waals surface area contributed by atoms with Crippen molar-refractivity contribution in [1.82, 2.24) is 5.32 Å². The van der Waals surface area contributed by atoms with E-state index in [9.17, 15) is 0 Å². The summed E-state index contributed by atoms with van der Waals surface area (Å²) in [5.74, 6) is 1.98. The maximum Gasteiger partial charge on any atom is 0.0587 e. The zero-order valence-corrected chi connectivity index (χ0v) is 13.5. The number of aryl methyl sites for hydroxylation is 1. The summed E-state index contributed by atoms with van der Waals surface area (Å²) >= 11 is 1.98. The summed E-state index contributed by atoms with van der Waals surface area (Å²) in [5.41, 5.74) is 2.74. The van der Waals surface area contributed by atoms with Gasteiger partial charge in [0.1, 0.15) is 0 Å². The van der Waals surface area contributed by atoms with Crippen LogP contribution in [0.3, 0.4) is 0 Å². The molecule has 1 atom stereocenters. The van der Waals surface area contributed by atoms with Crippen LogP contribution in [0.5, 0.6) is 0 Å². The molecule has 1 N–H and O–H groups in total. The minimum absolute atomic E-state index is 0.765. The second kappa shape index (κ2) is 9.40. The van der Waals surface area contributed by atoms with Gasteiger partial charge in [-0.05, 0) is 24.5 Å². The Morgan fingerprint density at radius 3 is 2.84 bits per heavy atom. The van der Waals surface area contributed by atoms with Crippen molar-refractivity contribution >= 4 is 11.8 Å². The molecule has 108 valence electrons. The van der Waals surface area contributed by atoms with E-state index >= 15 is 0 Å². The lowest BCUT2D eigenvalue weighted by atomic mass is 10.1. The molecular formula is C16H27NOS. The minimum atomic E-state index is 0.765. The highest BCUT2D eigenvalue weighted by Gasteiger charge is 2.06. The van der Waals surface area contributed by atoms with E-state index in [1.165, 1.54) is 28.2 Å². The van der Waals surface area contributed by atoms with Gasteiger partial charge in [0.2, 0.25) is 0 Å². The van der Waals surface area contributed by atoms with Crippen LogP contribution in [0.1, 0.15) is 31.4 Å². The van der Waals surface area contributed by atoms with Crippen LogP contribution in [-0.2, 0) is 11.3 Å². The van der Waals surface area contributed by atoms with Gasteiger partial charge in [-0.1, -0.05) is 38.0 Å². The van der Waals surface area contributed by atoms with E-state index in [0.717, 1.165) is 25.6 Å². The average molecular weight is 281 g/mol. The van der Waals surface area contributed by atoms with Crippen molar-refractivity contribution in [2.45, 2.75) is 38.6 Å². The molecule has 1 aromatic rings. The Balaban J connectivity index is 2.58. The van der Waals surface area contributed by atoms with Gasteiger partial charge in [-0.15, -0.1) is 11.8 Å². The molecule has 3 heteroatoms. The number of hydrogen-bond acceptors (Lipinski definition) is 3. The van der Waals surface area contributed by atoms with Crippen molar-refractivity contribution < 1.29 is 4.74 Å². The molecule has 0 saturated carbocycles. The third-order valence-electron chi connectivity index (χ3n) is 3.23. The fourth-order valence-corrected chi connectivity index (χ4v) is 2.91. The molecule has 0 aliphatic heterocycles. The van der Waals surface area contributed by atoms with E-state index in [1.807, 2.05) is 11.8 Å². The van der Waals surface area contributed by atoms with Crippen molar-refractivity contribution in [2.24, 2.45) is 5.92 Å². The lowest BCUT2D eigenvalue weighted by Gasteiger charge is -2.13. The summed E-state index contributed by atoms with van der Waals surface area (Å²) in [6, 6.07) is 6.76. The zero-order chi connectivity index (χ0) is 14.1. The topological polar surface area (TPSA) is 21.3 Å². The van der Waals surface area contributed by atoms with Crippen molar-refractivity contribution in [1.29, 1.82) is 0 Å². The first-order valence-electron chi connectivity index (χ1n) is 7.09. The average Bonchev–Trinajstić information content (AvgIpc) is 2.42. The minimum Gasteiger partial charge on any atom is -0.383 e. The van der Waals surface area contributed by atoms with E-state index in [2.05, 4.69) is 44.3 Å².